The lowest BCUT2D eigenvalue weighted by Crippen LogP contribution is -2.66. The molecule has 3 saturated heterocycles. The van der Waals surface area contributed by atoms with E-state index in [1.807, 2.05) is 0 Å². The summed E-state index contributed by atoms with van der Waals surface area (Å²) in [6.07, 6.45) is 23.4. The van der Waals surface area contributed by atoms with Gasteiger partial charge in [-0.15, -0.1) is 0 Å². The van der Waals surface area contributed by atoms with Crippen molar-refractivity contribution in [3.8, 4) is 0 Å². The van der Waals surface area contributed by atoms with Crippen molar-refractivity contribution in [3.05, 3.63) is 0 Å². The Bertz CT molecular complexity index is 1540. The molecule has 3 heterocycles. The van der Waals surface area contributed by atoms with Crippen molar-refractivity contribution >= 4 is 5.91 Å². The van der Waals surface area contributed by atoms with Crippen LogP contribution in [0.4, 0.5) is 0 Å². The maximum absolute atomic E-state index is 13.4. The Morgan fingerprint density at radius 1 is 0.381 bits per heavy atom. The molecule has 3 aliphatic rings. The Kier molecular flexibility index (Phi) is 44.6. The van der Waals surface area contributed by atoms with E-state index in [-0.39, 0.29) is 18.9 Å². The summed E-state index contributed by atoms with van der Waals surface area (Å²) < 4.78 is 34.4. The number of unbranched alkanes of at least 4 members (excludes halogenated alkanes) is 37. The highest BCUT2D eigenvalue weighted by Crippen LogP contribution is 2.33. The summed E-state index contributed by atoms with van der Waals surface area (Å²) in [5.74, 6) is -0.237. The molecule has 3 rings (SSSR count). The minimum atomic E-state index is -1.97. The second-order valence-electron chi connectivity index (χ2n) is 25.0. The van der Waals surface area contributed by atoms with Crippen molar-refractivity contribution in [2.45, 2.75) is 381 Å². The standard InChI is InChI=1S/C65H125NO18/c1-3-5-7-9-11-13-15-17-18-19-20-21-22-23-24-25-26-27-28-29-31-33-35-37-39-41-43-53(71)66-48(49(70)42-40-38-36-34-32-30-16-14-12-10-8-6-4-2)47-79-63-59(77)56(74)61(51(45-68)81-63)84-65-60(78)57(75)62(52(46-69)82-65)83-64-58(76)55(73)54(72)50(44-67)80-64/h48-52,54-65,67-70,72-78H,3-47H2,1-2H3,(H,66,71). The topological polar surface area (TPSA) is 307 Å². The van der Waals surface area contributed by atoms with Crippen LogP contribution in [0.5, 0.6) is 0 Å². The van der Waals surface area contributed by atoms with Gasteiger partial charge in [0.2, 0.25) is 5.91 Å². The van der Waals surface area contributed by atoms with Crippen LogP contribution in [0.2, 0.25) is 0 Å². The van der Waals surface area contributed by atoms with E-state index >= 15 is 0 Å². The lowest BCUT2D eigenvalue weighted by atomic mass is 9.96. The molecular formula is C65H125NO18. The van der Waals surface area contributed by atoms with Gasteiger partial charge in [-0.05, 0) is 12.8 Å². The van der Waals surface area contributed by atoms with Gasteiger partial charge in [-0.25, -0.2) is 0 Å². The van der Waals surface area contributed by atoms with Crippen LogP contribution in [0.1, 0.15) is 277 Å². The number of carbonyl (C=O) groups is 1. The molecule has 0 aromatic rings. The molecule has 0 aromatic heterocycles. The third-order valence-corrected chi connectivity index (χ3v) is 17.7. The van der Waals surface area contributed by atoms with Crippen molar-refractivity contribution in [2.75, 3.05) is 26.4 Å². The van der Waals surface area contributed by atoms with Gasteiger partial charge in [0.15, 0.2) is 18.9 Å². The molecular weight excluding hydrogens is 1080 g/mol. The molecule has 0 bridgehead atoms. The Hall–Kier alpha value is -1.21. The highest BCUT2D eigenvalue weighted by Gasteiger charge is 2.53. The molecule has 0 aliphatic carbocycles. The lowest BCUT2D eigenvalue weighted by Gasteiger charge is -2.48. The number of hydrogen-bond donors (Lipinski definition) is 12. The van der Waals surface area contributed by atoms with E-state index in [1.165, 1.54) is 199 Å². The van der Waals surface area contributed by atoms with Crippen LogP contribution < -0.4 is 5.32 Å². The normalized spacial score (nSPS) is 29.1. The first kappa shape index (κ1) is 77.0. The molecule has 12 N–H and O–H groups in total. The first-order valence-corrected chi connectivity index (χ1v) is 34.3. The Morgan fingerprint density at radius 3 is 1.04 bits per heavy atom. The number of amides is 1. The average molecular weight is 1210 g/mol. The molecule has 498 valence electrons. The molecule has 17 unspecified atom stereocenters. The van der Waals surface area contributed by atoms with E-state index in [4.69, 9.17) is 28.4 Å². The van der Waals surface area contributed by atoms with E-state index in [0.29, 0.717) is 12.8 Å². The fourth-order valence-corrected chi connectivity index (χ4v) is 12.1. The van der Waals surface area contributed by atoms with E-state index in [0.717, 1.165) is 44.9 Å². The highest BCUT2D eigenvalue weighted by molar-refractivity contribution is 5.76. The van der Waals surface area contributed by atoms with Crippen LogP contribution >= 0.6 is 0 Å². The largest absolute Gasteiger partial charge is 0.394 e. The van der Waals surface area contributed by atoms with E-state index in [9.17, 15) is 61.0 Å². The summed E-state index contributed by atoms with van der Waals surface area (Å²) in [6, 6.07) is -0.880. The maximum atomic E-state index is 13.4. The Labute approximate surface area is 506 Å². The monoisotopic (exact) mass is 1210 g/mol. The van der Waals surface area contributed by atoms with Gasteiger partial charge in [0.05, 0.1) is 38.6 Å². The van der Waals surface area contributed by atoms with Gasteiger partial charge in [-0.1, -0.05) is 258 Å². The zero-order valence-corrected chi connectivity index (χ0v) is 52.4. The first-order chi connectivity index (χ1) is 40.8. The van der Waals surface area contributed by atoms with Crippen molar-refractivity contribution < 1.29 is 89.4 Å². The van der Waals surface area contributed by atoms with Gasteiger partial charge in [-0.3, -0.25) is 4.79 Å². The predicted octanol–water partition coefficient (Wildman–Crippen LogP) is 8.33. The molecule has 1 amide bonds. The SMILES string of the molecule is CCCCCCCCCCCCCCCCCCCCCCCCCCCCC(=O)NC(COC1OC(CO)C(OC2OC(CO)C(OC3OC(CO)C(O)C(O)C3O)C(O)C2O)C(O)C1O)C(O)CCCCCCCCCCCCCCC. The fraction of sp³-hybridized carbons (Fsp3) is 0.985. The minimum absolute atomic E-state index is 0.237. The van der Waals surface area contributed by atoms with Gasteiger partial charge in [0.1, 0.15) is 73.2 Å². The van der Waals surface area contributed by atoms with E-state index in [1.54, 1.807) is 0 Å². The third-order valence-electron chi connectivity index (χ3n) is 17.7. The number of nitrogens with one attached hydrogen (secondary N) is 1. The highest BCUT2D eigenvalue weighted by atomic mass is 16.8. The number of carbonyl (C=O) groups excluding carboxylic acids is 1. The van der Waals surface area contributed by atoms with Crippen molar-refractivity contribution in [1.82, 2.24) is 5.32 Å². The summed E-state index contributed by atoms with van der Waals surface area (Å²) in [6.45, 7) is 1.82. The fourth-order valence-electron chi connectivity index (χ4n) is 12.1. The second kappa shape index (κ2) is 48.6. The molecule has 0 spiro atoms. The second-order valence-corrected chi connectivity index (χ2v) is 25.0. The molecule has 3 aliphatic heterocycles. The molecule has 84 heavy (non-hydrogen) atoms. The zero-order chi connectivity index (χ0) is 61.2. The predicted molar refractivity (Wildman–Crippen MR) is 324 cm³/mol. The van der Waals surface area contributed by atoms with Gasteiger partial charge in [-0.2, -0.15) is 0 Å². The number of aliphatic hydroxyl groups excluding tert-OH is 11. The summed E-state index contributed by atoms with van der Waals surface area (Å²) in [5, 5.41) is 120. The van der Waals surface area contributed by atoms with Crippen LogP contribution in [-0.2, 0) is 33.2 Å². The molecule has 17 atom stereocenters. The van der Waals surface area contributed by atoms with E-state index < -0.39 is 124 Å². The van der Waals surface area contributed by atoms with Crippen molar-refractivity contribution in [1.29, 1.82) is 0 Å². The van der Waals surface area contributed by atoms with Gasteiger partial charge in [0.25, 0.3) is 0 Å². The number of aliphatic hydroxyl groups is 11. The molecule has 0 aromatic carbocycles. The van der Waals surface area contributed by atoms with E-state index in [2.05, 4.69) is 19.2 Å². The summed E-state index contributed by atoms with van der Waals surface area (Å²) in [4.78, 5) is 13.4. The Morgan fingerprint density at radius 2 is 0.679 bits per heavy atom. The smallest absolute Gasteiger partial charge is 0.220 e. The molecule has 0 radical (unpaired) electrons. The number of hydrogen-bond acceptors (Lipinski definition) is 18. The third kappa shape index (κ3) is 31.0. The summed E-state index contributed by atoms with van der Waals surface area (Å²) in [7, 11) is 0. The van der Waals surface area contributed by atoms with Crippen LogP contribution in [0.15, 0.2) is 0 Å². The average Bonchev–Trinajstić information content (AvgIpc) is 3.50. The summed E-state index contributed by atoms with van der Waals surface area (Å²) in [5.41, 5.74) is 0. The maximum Gasteiger partial charge on any atom is 0.220 e. The number of ether oxygens (including phenoxy) is 6. The van der Waals surface area contributed by atoms with Crippen LogP contribution in [0, 0.1) is 0 Å². The minimum Gasteiger partial charge on any atom is -0.394 e. The quantitative estimate of drug-likeness (QED) is 0.0255. The van der Waals surface area contributed by atoms with Crippen molar-refractivity contribution in [3.63, 3.8) is 0 Å². The zero-order valence-electron chi connectivity index (χ0n) is 52.4. The van der Waals surface area contributed by atoms with Gasteiger partial charge < -0.3 is 89.9 Å². The van der Waals surface area contributed by atoms with Gasteiger partial charge in [0, 0.05) is 6.42 Å². The van der Waals surface area contributed by atoms with Gasteiger partial charge >= 0.3 is 0 Å². The first-order valence-electron chi connectivity index (χ1n) is 34.3. The number of rotatable bonds is 53. The van der Waals surface area contributed by atoms with Crippen LogP contribution in [0.3, 0.4) is 0 Å². The van der Waals surface area contributed by atoms with Crippen molar-refractivity contribution in [2.24, 2.45) is 0 Å². The molecule has 3 fully saturated rings. The molecule has 0 saturated carbocycles. The molecule has 19 heteroatoms. The van der Waals surface area contributed by atoms with Crippen LogP contribution in [0.25, 0.3) is 0 Å². The molecule has 19 nitrogen and oxygen atoms in total. The Balaban J connectivity index is 1.40. The van der Waals surface area contributed by atoms with Crippen LogP contribution in [-0.4, -0.2) is 193 Å². The summed E-state index contributed by atoms with van der Waals surface area (Å²) >= 11 is 0. The lowest BCUT2D eigenvalue weighted by molar-refractivity contribution is -0.379.